The van der Waals surface area contributed by atoms with Crippen molar-refractivity contribution >= 4 is 11.4 Å². The summed E-state index contributed by atoms with van der Waals surface area (Å²) in [5.41, 5.74) is 1.89. The summed E-state index contributed by atoms with van der Waals surface area (Å²) < 4.78 is 0. The zero-order valence-corrected chi connectivity index (χ0v) is 10.5. The van der Waals surface area contributed by atoms with Crippen LogP contribution in [0, 0.1) is 16.7 Å². The van der Waals surface area contributed by atoms with Gasteiger partial charge in [0.1, 0.15) is 0 Å². The van der Waals surface area contributed by atoms with Crippen LogP contribution in [-0.4, -0.2) is 5.78 Å². The number of carbonyl (C=O) groups excluding carboxylic acids is 1. The topological polar surface area (TPSA) is 40.9 Å². The third kappa shape index (κ3) is 3.88. The Balaban J connectivity index is 3.16. The van der Waals surface area contributed by atoms with Crippen molar-refractivity contribution in [3.63, 3.8) is 0 Å². The number of nitrogens with zero attached hydrogens (tertiary/aromatic N) is 1. The van der Waals surface area contributed by atoms with E-state index in [1.807, 2.05) is 36.4 Å². The standard InChI is InChI=1S/C15H17NO/c1-15(2,3)14(11-13(17)9-10-16)12-7-5-4-6-8-12/h4-8,11H,9H2,1-3H3/b14-11+. The largest absolute Gasteiger partial charge is 0.294 e. The monoisotopic (exact) mass is 227 g/mol. The lowest BCUT2D eigenvalue weighted by molar-refractivity contribution is -0.113. The van der Waals surface area contributed by atoms with Gasteiger partial charge in [-0.1, -0.05) is 51.1 Å². The Hall–Kier alpha value is -1.88. The van der Waals surface area contributed by atoms with Gasteiger partial charge >= 0.3 is 0 Å². The minimum Gasteiger partial charge on any atom is -0.294 e. The molecule has 0 atom stereocenters. The zero-order chi connectivity index (χ0) is 12.9. The van der Waals surface area contributed by atoms with Gasteiger partial charge in [-0.2, -0.15) is 5.26 Å². The molecule has 88 valence electrons. The third-order valence-corrected chi connectivity index (χ3v) is 2.45. The van der Waals surface area contributed by atoms with Crippen LogP contribution < -0.4 is 0 Å². The minimum atomic E-state index is -0.138. The fourth-order valence-electron chi connectivity index (χ4n) is 1.64. The van der Waals surface area contributed by atoms with Crippen LogP contribution >= 0.6 is 0 Å². The molecule has 0 spiro atoms. The van der Waals surface area contributed by atoms with Crippen LogP contribution in [0.2, 0.25) is 0 Å². The van der Waals surface area contributed by atoms with Gasteiger partial charge in [-0.3, -0.25) is 4.79 Å². The molecule has 0 saturated carbocycles. The molecule has 1 rings (SSSR count). The Labute approximate surface area is 103 Å². The zero-order valence-electron chi connectivity index (χ0n) is 10.5. The number of hydrogen-bond donors (Lipinski definition) is 0. The summed E-state index contributed by atoms with van der Waals surface area (Å²) in [6.07, 6.45) is 1.53. The molecule has 0 aromatic heterocycles. The van der Waals surface area contributed by atoms with Crippen molar-refractivity contribution in [1.82, 2.24) is 0 Å². The van der Waals surface area contributed by atoms with Crippen molar-refractivity contribution in [2.45, 2.75) is 27.2 Å². The molecule has 0 saturated heterocycles. The molecule has 0 N–H and O–H groups in total. The highest BCUT2D eigenvalue weighted by atomic mass is 16.1. The molecular weight excluding hydrogens is 210 g/mol. The van der Waals surface area contributed by atoms with Gasteiger partial charge < -0.3 is 0 Å². The molecule has 0 aliphatic heterocycles. The maximum Gasteiger partial charge on any atom is 0.170 e. The van der Waals surface area contributed by atoms with E-state index in [0.29, 0.717) is 0 Å². The van der Waals surface area contributed by atoms with E-state index in [1.165, 1.54) is 0 Å². The average molecular weight is 227 g/mol. The summed E-state index contributed by atoms with van der Waals surface area (Å²) >= 11 is 0. The number of ketones is 1. The fourth-order valence-corrected chi connectivity index (χ4v) is 1.64. The van der Waals surface area contributed by atoms with Gasteiger partial charge in [-0.05, 0) is 22.6 Å². The van der Waals surface area contributed by atoms with Crippen LogP contribution in [0.4, 0.5) is 0 Å². The summed E-state index contributed by atoms with van der Waals surface area (Å²) in [6.45, 7) is 6.18. The molecule has 2 nitrogen and oxygen atoms in total. The molecule has 1 aromatic rings. The molecule has 0 aliphatic carbocycles. The van der Waals surface area contributed by atoms with E-state index in [4.69, 9.17) is 5.26 Å². The highest BCUT2D eigenvalue weighted by Crippen LogP contribution is 2.33. The number of carbonyl (C=O) groups is 1. The lowest BCUT2D eigenvalue weighted by atomic mass is 9.81. The molecule has 0 unspecified atom stereocenters. The summed E-state index contributed by atoms with van der Waals surface area (Å²) in [6, 6.07) is 11.7. The lowest BCUT2D eigenvalue weighted by Gasteiger charge is -2.23. The van der Waals surface area contributed by atoms with E-state index in [9.17, 15) is 4.79 Å². The van der Waals surface area contributed by atoms with E-state index in [2.05, 4.69) is 20.8 Å². The van der Waals surface area contributed by atoms with Crippen LogP contribution in [0.1, 0.15) is 32.8 Å². The summed E-state index contributed by atoms with van der Waals surface area (Å²) in [5.74, 6) is -0.138. The Morgan fingerprint density at radius 1 is 1.29 bits per heavy atom. The maximum absolute atomic E-state index is 11.6. The normalized spacial score (nSPS) is 12.0. The van der Waals surface area contributed by atoms with E-state index in [0.717, 1.165) is 11.1 Å². The Morgan fingerprint density at radius 2 is 1.88 bits per heavy atom. The van der Waals surface area contributed by atoms with E-state index < -0.39 is 0 Å². The first-order valence-electron chi connectivity index (χ1n) is 5.62. The van der Waals surface area contributed by atoms with Gasteiger partial charge in [0.2, 0.25) is 0 Å². The summed E-state index contributed by atoms with van der Waals surface area (Å²) in [5, 5.41) is 8.52. The summed E-state index contributed by atoms with van der Waals surface area (Å²) in [7, 11) is 0. The molecule has 0 fully saturated rings. The molecule has 2 heteroatoms. The van der Waals surface area contributed by atoms with Crippen molar-refractivity contribution in [1.29, 1.82) is 5.26 Å². The Bertz CT molecular complexity index is 458. The first-order valence-corrected chi connectivity index (χ1v) is 5.62. The summed E-state index contributed by atoms with van der Waals surface area (Å²) in [4.78, 5) is 11.6. The predicted octanol–water partition coefficient (Wildman–Crippen LogP) is 3.60. The highest BCUT2D eigenvalue weighted by molar-refractivity contribution is 5.98. The number of rotatable bonds is 3. The number of benzene rings is 1. The molecule has 0 amide bonds. The predicted molar refractivity (Wildman–Crippen MR) is 69.1 cm³/mol. The molecule has 0 heterocycles. The van der Waals surface area contributed by atoms with Gasteiger partial charge in [0.05, 0.1) is 12.5 Å². The van der Waals surface area contributed by atoms with E-state index in [-0.39, 0.29) is 17.6 Å². The quantitative estimate of drug-likeness (QED) is 0.740. The van der Waals surface area contributed by atoms with Crippen molar-refractivity contribution in [2.75, 3.05) is 0 Å². The van der Waals surface area contributed by atoms with Crippen LogP contribution in [0.3, 0.4) is 0 Å². The smallest absolute Gasteiger partial charge is 0.170 e. The maximum atomic E-state index is 11.6. The average Bonchev–Trinajstić information content (AvgIpc) is 2.26. The van der Waals surface area contributed by atoms with Crippen LogP contribution in [0.15, 0.2) is 36.4 Å². The Kier molecular flexibility index (Phi) is 4.23. The third-order valence-electron chi connectivity index (χ3n) is 2.45. The second-order valence-corrected chi connectivity index (χ2v) is 4.98. The molecular formula is C15H17NO. The van der Waals surface area contributed by atoms with Gasteiger partial charge in [0.15, 0.2) is 5.78 Å². The first-order chi connectivity index (χ1) is 7.95. The molecule has 0 aliphatic rings. The highest BCUT2D eigenvalue weighted by Gasteiger charge is 2.19. The number of hydrogen-bond acceptors (Lipinski definition) is 2. The second-order valence-electron chi connectivity index (χ2n) is 4.98. The van der Waals surface area contributed by atoms with E-state index in [1.54, 1.807) is 6.08 Å². The van der Waals surface area contributed by atoms with Gasteiger partial charge in [0.25, 0.3) is 0 Å². The first kappa shape index (κ1) is 13.2. The molecule has 1 aromatic carbocycles. The van der Waals surface area contributed by atoms with Gasteiger partial charge in [-0.25, -0.2) is 0 Å². The molecule has 0 radical (unpaired) electrons. The van der Waals surface area contributed by atoms with Crippen molar-refractivity contribution in [2.24, 2.45) is 5.41 Å². The lowest BCUT2D eigenvalue weighted by Crippen LogP contribution is -2.10. The van der Waals surface area contributed by atoms with Crippen molar-refractivity contribution in [3.05, 3.63) is 42.0 Å². The second kappa shape index (κ2) is 5.45. The van der Waals surface area contributed by atoms with Gasteiger partial charge in [0, 0.05) is 0 Å². The number of nitriles is 1. The minimum absolute atomic E-state index is 0.0631. The van der Waals surface area contributed by atoms with Crippen LogP contribution in [0.5, 0.6) is 0 Å². The Morgan fingerprint density at radius 3 is 2.35 bits per heavy atom. The molecule has 17 heavy (non-hydrogen) atoms. The molecule has 0 bridgehead atoms. The SMILES string of the molecule is CC(C)(C)/C(=C/C(=O)CC#N)c1ccccc1. The van der Waals surface area contributed by atoms with Crippen molar-refractivity contribution in [3.8, 4) is 6.07 Å². The van der Waals surface area contributed by atoms with E-state index >= 15 is 0 Å². The van der Waals surface area contributed by atoms with Crippen LogP contribution in [-0.2, 0) is 4.79 Å². The van der Waals surface area contributed by atoms with Gasteiger partial charge in [-0.15, -0.1) is 0 Å². The van der Waals surface area contributed by atoms with Crippen molar-refractivity contribution < 1.29 is 4.79 Å². The van der Waals surface area contributed by atoms with Crippen LogP contribution in [0.25, 0.3) is 5.57 Å². The number of allylic oxidation sites excluding steroid dienone is 2. The fraction of sp³-hybridized carbons (Fsp3) is 0.333.